The number of likely N-dealkylation sites (N-methyl/N-ethyl adjacent to an activating group) is 1. The first-order chi connectivity index (χ1) is 14.1. The number of carbonyl (C=O) groups is 2. The third kappa shape index (κ3) is 6.10. The number of hydrogen-bond acceptors (Lipinski definition) is 7. The summed E-state index contributed by atoms with van der Waals surface area (Å²) in [6, 6.07) is 4.41. The minimum Gasteiger partial charge on any atom is -0.466 e. The molecule has 158 valence electrons. The molecule has 0 aliphatic carbocycles. The highest BCUT2D eigenvalue weighted by Crippen LogP contribution is 2.28. The summed E-state index contributed by atoms with van der Waals surface area (Å²) in [4.78, 5) is 34.9. The van der Waals surface area contributed by atoms with Gasteiger partial charge in [-0.1, -0.05) is 13.0 Å². The zero-order valence-electron chi connectivity index (χ0n) is 17.1. The van der Waals surface area contributed by atoms with Crippen LogP contribution in [-0.2, 0) is 20.7 Å². The second kappa shape index (κ2) is 10.8. The maximum atomic E-state index is 13.1. The van der Waals surface area contributed by atoms with Crippen LogP contribution in [0.1, 0.15) is 38.8 Å². The number of nitrogens with zero attached hydrogens (tertiary/aromatic N) is 3. The van der Waals surface area contributed by atoms with E-state index in [2.05, 4.69) is 16.8 Å². The fraction of sp³-hybridized carbons (Fsp3) is 0.571. The molecule has 1 amide bonds. The van der Waals surface area contributed by atoms with Crippen LogP contribution in [0.15, 0.2) is 22.9 Å². The maximum absolute atomic E-state index is 13.1. The van der Waals surface area contributed by atoms with E-state index in [1.54, 1.807) is 29.6 Å². The molecule has 1 aliphatic rings. The van der Waals surface area contributed by atoms with E-state index < -0.39 is 0 Å². The molecule has 3 rings (SSSR count). The lowest BCUT2D eigenvalue weighted by Gasteiger charge is -2.30. The van der Waals surface area contributed by atoms with Crippen molar-refractivity contribution in [2.45, 2.75) is 45.6 Å². The predicted molar refractivity (Wildman–Crippen MR) is 117 cm³/mol. The Morgan fingerprint density at radius 2 is 2.21 bits per heavy atom. The molecule has 0 saturated carbocycles. The van der Waals surface area contributed by atoms with Gasteiger partial charge in [0.15, 0.2) is 0 Å². The molecular weight excluding hydrogens is 406 g/mol. The highest BCUT2D eigenvalue weighted by molar-refractivity contribution is 7.20. The Morgan fingerprint density at radius 3 is 2.93 bits per heavy atom. The number of ether oxygens (including phenoxy) is 1. The van der Waals surface area contributed by atoms with Crippen molar-refractivity contribution in [3.63, 3.8) is 0 Å². The van der Waals surface area contributed by atoms with E-state index in [9.17, 15) is 9.59 Å². The number of thiophene rings is 1. The summed E-state index contributed by atoms with van der Waals surface area (Å²) in [6.07, 6.45) is 2.75. The first-order valence-electron chi connectivity index (χ1n) is 10.3. The van der Waals surface area contributed by atoms with Gasteiger partial charge in [-0.2, -0.15) is 0 Å². The Balaban J connectivity index is 1.65. The van der Waals surface area contributed by atoms with Gasteiger partial charge in [-0.05, 0) is 44.3 Å². The largest absolute Gasteiger partial charge is 0.466 e. The van der Waals surface area contributed by atoms with Crippen molar-refractivity contribution in [3.05, 3.63) is 28.6 Å². The first kappa shape index (κ1) is 21.9. The minimum atomic E-state index is -0.252. The quantitative estimate of drug-likeness (QED) is 0.533. The van der Waals surface area contributed by atoms with Gasteiger partial charge in [0.25, 0.3) is 0 Å². The first-order valence-corrected chi connectivity index (χ1v) is 12.0. The molecule has 0 N–H and O–H groups in total. The van der Waals surface area contributed by atoms with Crippen molar-refractivity contribution in [2.24, 2.45) is 0 Å². The van der Waals surface area contributed by atoms with Crippen LogP contribution in [0, 0.1) is 0 Å². The molecule has 3 heterocycles. The number of rotatable bonds is 10. The fourth-order valence-electron chi connectivity index (χ4n) is 3.72. The summed E-state index contributed by atoms with van der Waals surface area (Å²) in [5.41, 5.74) is 0.795. The van der Waals surface area contributed by atoms with Crippen LogP contribution in [0.4, 0.5) is 0 Å². The van der Waals surface area contributed by atoms with Crippen LogP contribution >= 0.6 is 22.7 Å². The topological polar surface area (TPSA) is 62.7 Å². The smallest absolute Gasteiger partial charge is 0.307 e. The molecule has 29 heavy (non-hydrogen) atoms. The van der Waals surface area contributed by atoms with E-state index in [1.165, 1.54) is 0 Å². The molecule has 0 bridgehead atoms. The van der Waals surface area contributed by atoms with Crippen LogP contribution in [-0.4, -0.2) is 65.5 Å². The summed E-state index contributed by atoms with van der Waals surface area (Å²) < 4.78 is 5.05. The lowest BCUT2D eigenvalue weighted by Crippen LogP contribution is -2.44. The average molecular weight is 436 g/mol. The summed E-state index contributed by atoms with van der Waals surface area (Å²) >= 11 is 3.22. The Bertz CT molecular complexity index is 791. The molecule has 2 aromatic rings. The second-order valence-electron chi connectivity index (χ2n) is 7.12. The normalized spacial score (nSPS) is 16.8. The number of esters is 1. The highest BCUT2D eigenvalue weighted by atomic mass is 32.1. The van der Waals surface area contributed by atoms with E-state index in [0.29, 0.717) is 25.7 Å². The molecule has 6 nitrogen and oxygen atoms in total. The molecule has 0 aromatic carbocycles. The molecule has 1 unspecified atom stereocenters. The van der Waals surface area contributed by atoms with Gasteiger partial charge in [0.05, 0.1) is 30.0 Å². The van der Waals surface area contributed by atoms with E-state index in [4.69, 9.17) is 4.74 Å². The van der Waals surface area contributed by atoms with Gasteiger partial charge in [0, 0.05) is 24.5 Å². The zero-order valence-corrected chi connectivity index (χ0v) is 18.8. The molecule has 1 atom stereocenters. The van der Waals surface area contributed by atoms with Crippen LogP contribution in [0.5, 0.6) is 0 Å². The third-order valence-corrected chi connectivity index (χ3v) is 7.13. The highest BCUT2D eigenvalue weighted by Gasteiger charge is 2.27. The van der Waals surface area contributed by atoms with Gasteiger partial charge in [-0.3, -0.25) is 14.5 Å². The Morgan fingerprint density at radius 1 is 1.34 bits per heavy atom. The summed E-state index contributed by atoms with van der Waals surface area (Å²) in [6.45, 7) is 7.44. The predicted octanol–water partition coefficient (Wildman–Crippen LogP) is 3.68. The van der Waals surface area contributed by atoms with Crippen molar-refractivity contribution < 1.29 is 14.3 Å². The van der Waals surface area contributed by atoms with E-state index >= 15 is 0 Å². The Labute approximate surface area is 180 Å². The number of likely N-dealkylation sites (tertiary alicyclic amines) is 1. The number of amides is 1. The SMILES string of the molecule is CCOC(=O)CCN(CC1CCCN1CC)C(=O)Cc1csc(-c2cccs2)n1. The summed E-state index contributed by atoms with van der Waals surface area (Å²) in [7, 11) is 0. The monoisotopic (exact) mass is 435 g/mol. The van der Waals surface area contributed by atoms with Crippen molar-refractivity contribution in [3.8, 4) is 9.88 Å². The van der Waals surface area contributed by atoms with Gasteiger partial charge in [-0.15, -0.1) is 22.7 Å². The number of hydrogen-bond donors (Lipinski definition) is 0. The van der Waals surface area contributed by atoms with Crippen LogP contribution in [0.25, 0.3) is 9.88 Å². The molecule has 1 fully saturated rings. The number of aromatic nitrogens is 1. The zero-order chi connectivity index (χ0) is 20.6. The fourth-order valence-corrected chi connectivity index (χ4v) is 5.35. The van der Waals surface area contributed by atoms with Gasteiger partial charge < -0.3 is 9.64 Å². The van der Waals surface area contributed by atoms with Gasteiger partial charge in [-0.25, -0.2) is 4.98 Å². The Hall–Kier alpha value is -1.77. The number of thiazole rings is 1. The molecule has 2 aromatic heterocycles. The third-order valence-electron chi connectivity index (χ3n) is 5.20. The van der Waals surface area contributed by atoms with Crippen molar-refractivity contribution in [1.29, 1.82) is 0 Å². The van der Waals surface area contributed by atoms with Gasteiger partial charge in [0.2, 0.25) is 5.91 Å². The second-order valence-corrected chi connectivity index (χ2v) is 8.92. The van der Waals surface area contributed by atoms with Crippen molar-refractivity contribution in [2.75, 3.05) is 32.8 Å². The number of carbonyl (C=O) groups excluding carboxylic acids is 2. The van der Waals surface area contributed by atoms with Gasteiger partial charge in [0.1, 0.15) is 5.01 Å². The molecule has 8 heteroatoms. The van der Waals surface area contributed by atoms with Crippen LogP contribution in [0.3, 0.4) is 0 Å². The maximum Gasteiger partial charge on any atom is 0.307 e. The molecule has 0 spiro atoms. The molecule has 1 saturated heterocycles. The molecular formula is C21H29N3O3S2. The molecule has 0 radical (unpaired) electrons. The standard InChI is InChI=1S/C21H29N3O3S2/c1-3-23-10-5-7-17(23)14-24(11-9-20(26)27-4-2)19(25)13-16-15-29-21(22-16)18-8-6-12-28-18/h6,8,12,15,17H,3-5,7,9-11,13-14H2,1-2H3. The Kier molecular flexibility index (Phi) is 8.20. The lowest BCUT2D eigenvalue weighted by atomic mass is 10.1. The van der Waals surface area contributed by atoms with E-state index in [1.807, 2.05) is 27.8 Å². The summed E-state index contributed by atoms with van der Waals surface area (Å²) in [5, 5.41) is 4.94. The van der Waals surface area contributed by atoms with Gasteiger partial charge >= 0.3 is 5.97 Å². The average Bonchev–Trinajstić information content (AvgIpc) is 3.46. The lowest BCUT2D eigenvalue weighted by molar-refractivity contribution is -0.144. The van der Waals surface area contributed by atoms with Crippen LogP contribution in [0.2, 0.25) is 0 Å². The van der Waals surface area contributed by atoms with E-state index in [0.717, 1.165) is 41.5 Å². The molecule has 1 aliphatic heterocycles. The van der Waals surface area contributed by atoms with Crippen molar-refractivity contribution in [1.82, 2.24) is 14.8 Å². The van der Waals surface area contributed by atoms with Crippen molar-refractivity contribution >= 4 is 34.6 Å². The van der Waals surface area contributed by atoms with E-state index in [-0.39, 0.29) is 24.7 Å². The summed E-state index contributed by atoms with van der Waals surface area (Å²) in [5.74, 6) is -0.224. The van der Waals surface area contributed by atoms with Crippen LogP contribution < -0.4 is 0 Å². The minimum absolute atomic E-state index is 0.0280.